The summed E-state index contributed by atoms with van der Waals surface area (Å²) < 4.78 is 11.5. The Morgan fingerprint density at radius 2 is 1.90 bits per heavy atom. The first-order chi connectivity index (χ1) is 14.6. The molecule has 7 nitrogen and oxygen atoms in total. The van der Waals surface area contributed by atoms with Crippen LogP contribution in [0.5, 0.6) is 5.75 Å². The molecule has 0 fully saturated rings. The summed E-state index contributed by atoms with van der Waals surface area (Å²) >= 11 is 0. The number of aliphatic imine (C=N–C) groups is 1. The quantitative estimate of drug-likeness (QED) is 0.660. The summed E-state index contributed by atoms with van der Waals surface area (Å²) in [6.45, 7) is 5.63. The van der Waals surface area contributed by atoms with Gasteiger partial charge in [0.25, 0.3) is 0 Å². The molecule has 2 aromatic carbocycles. The van der Waals surface area contributed by atoms with E-state index >= 15 is 0 Å². The highest BCUT2D eigenvalue weighted by molar-refractivity contribution is 5.90. The van der Waals surface area contributed by atoms with E-state index in [0.29, 0.717) is 29.3 Å². The van der Waals surface area contributed by atoms with E-state index in [1.54, 1.807) is 18.2 Å². The van der Waals surface area contributed by atoms with Crippen LogP contribution in [0.1, 0.15) is 44.4 Å². The molecule has 1 aliphatic heterocycles. The van der Waals surface area contributed by atoms with Crippen LogP contribution in [0.2, 0.25) is 0 Å². The van der Waals surface area contributed by atoms with Crippen LogP contribution < -0.4 is 21.1 Å². The van der Waals surface area contributed by atoms with Crippen molar-refractivity contribution in [3.05, 3.63) is 53.6 Å². The Balaban J connectivity index is 1.61. The number of amidine groups is 1. The molecule has 1 aliphatic rings. The number of aryl methyl sites for hydroxylation is 1. The number of esters is 1. The lowest BCUT2D eigenvalue weighted by molar-refractivity contribution is -0.158. The smallest absolute Gasteiger partial charge is 0.328 e. The molecule has 2 aromatic rings. The van der Waals surface area contributed by atoms with E-state index in [9.17, 15) is 4.79 Å². The topological polar surface area (TPSA) is 103 Å². The Kier molecular flexibility index (Phi) is 6.55. The van der Waals surface area contributed by atoms with Crippen molar-refractivity contribution in [2.45, 2.75) is 51.4 Å². The Morgan fingerprint density at radius 3 is 2.55 bits per heavy atom. The first-order valence-corrected chi connectivity index (χ1v) is 10.4. The van der Waals surface area contributed by atoms with Crippen molar-refractivity contribution in [1.82, 2.24) is 0 Å². The summed E-state index contributed by atoms with van der Waals surface area (Å²) in [6, 6.07) is 12.7. The largest absolute Gasteiger partial charge is 0.481 e. The Hall–Kier alpha value is -3.06. The molecule has 166 valence electrons. The lowest BCUT2D eigenvalue weighted by Gasteiger charge is -2.27. The van der Waals surface area contributed by atoms with Crippen LogP contribution in [0.3, 0.4) is 0 Å². The van der Waals surface area contributed by atoms with E-state index in [-0.39, 0.29) is 6.10 Å². The third-order valence-electron chi connectivity index (χ3n) is 5.41. The van der Waals surface area contributed by atoms with Crippen LogP contribution in [0.4, 0.5) is 11.4 Å². The lowest BCUT2D eigenvalue weighted by atomic mass is 9.98. The van der Waals surface area contributed by atoms with E-state index in [1.807, 2.05) is 34.9 Å². The number of anilines is 1. The Bertz CT molecular complexity index is 967. The number of fused-ring (bicyclic) bond motifs is 1. The van der Waals surface area contributed by atoms with Crippen molar-refractivity contribution in [1.29, 1.82) is 0 Å². The molecule has 0 aliphatic carbocycles. The van der Waals surface area contributed by atoms with Crippen molar-refractivity contribution in [3.63, 3.8) is 0 Å². The summed E-state index contributed by atoms with van der Waals surface area (Å²) in [4.78, 5) is 19.1. The first kappa shape index (κ1) is 22.6. The van der Waals surface area contributed by atoms with Crippen LogP contribution in [-0.2, 0) is 16.0 Å². The molecule has 0 bridgehead atoms. The van der Waals surface area contributed by atoms with Crippen LogP contribution in [0.15, 0.2) is 47.5 Å². The molecular weight excluding hydrogens is 392 g/mol. The maximum atomic E-state index is 12.7. The maximum absolute atomic E-state index is 12.7. The summed E-state index contributed by atoms with van der Waals surface area (Å²) in [7, 11) is 4.02. The molecule has 31 heavy (non-hydrogen) atoms. The summed E-state index contributed by atoms with van der Waals surface area (Å²) in [5.41, 5.74) is 14.9. The standard InChI is InChI=1S/C24H32N4O3/c1-15-22(26)27-19-14-17(8-11-20(19)30-15)21(25)23(29)31-24(2,3)13-12-16-6-9-18(10-7-16)28(4)5/h6-11,14-15,21H,12-13,25H2,1-5H3,(H2,26,27). The van der Waals surface area contributed by atoms with Crippen LogP contribution in [0, 0.1) is 0 Å². The van der Waals surface area contributed by atoms with E-state index in [4.69, 9.17) is 20.9 Å². The van der Waals surface area contributed by atoms with Gasteiger partial charge in [0, 0.05) is 19.8 Å². The van der Waals surface area contributed by atoms with Crippen molar-refractivity contribution < 1.29 is 14.3 Å². The van der Waals surface area contributed by atoms with Gasteiger partial charge in [0.15, 0.2) is 6.10 Å². The van der Waals surface area contributed by atoms with Crippen molar-refractivity contribution in [3.8, 4) is 5.75 Å². The Labute approximate surface area is 184 Å². The number of benzene rings is 2. The molecule has 0 radical (unpaired) electrons. The molecule has 0 saturated carbocycles. The minimum absolute atomic E-state index is 0.281. The third-order valence-corrected chi connectivity index (χ3v) is 5.41. The maximum Gasteiger partial charge on any atom is 0.328 e. The van der Waals surface area contributed by atoms with Gasteiger partial charge in [0.05, 0.1) is 0 Å². The van der Waals surface area contributed by atoms with Gasteiger partial charge in [-0.1, -0.05) is 18.2 Å². The Morgan fingerprint density at radius 1 is 1.23 bits per heavy atom. The molecule has 7 heteroatoms. The molecule has 0 saturated heterocycles. The van der Waals surface area contributed by atoms with Crippen molar-refractivity contribution >= 4 is 23.2 Å². The van der Waals surface area contributed by atoms with Gasteiger partial charge >= 0.3 is 5.97 Å². The van der Waals surface area contributed by atoms with Gasteiger partial charge < -0.3 is 25.8 Å². The zero-order valence-electron chi connectivity index (χ0n) is 18.9. The lowest BCUT2D eigenvalue weighted by Crippen LogP contribution is -2.34. The second kappa shape index (κ2) is 8.98. The number of ether oxygens (including phenoxy) is 2. The van der Waals surface area contributed by atoms with Crippen LogP contribution in [0.25, 0.3) is 0 Å². The van der Waals surface area contributed by atoms with Gasteiger partial charge in [-0.3, -0.25) is 0 Å². The van der Waals surface area contributed by atoms with E-state index in [2.05, 4.69) is 34.2 Å². The molecule has 3 rings (SSSR count). The fraction of sp³-hybridized carbons (Fsp3) is 0.417. The number of carbonyl (C=O) groups excluding carboxylic acids is 1. The molecule has 0 aromatic heterocycles. The predicted octanol–water partition coefficient (Wildman–Crippen LogP) is 3.48. The van der Waals surface area contributed by atoms with Gasteiger partial charge in [-0.2, -0.15) is 0 Å². The third kappa shape index (κ3) is 5.55. The highest BCUT2D eigenvalue weighted by Crippen LogP contribution is 2.34. The first-order valence-electron chi connectivity index (χ1n) is 10.4. The van der Waals surface area contributed by atoms with Crippen LogP contribution >= 0.6 is 0 Å². The van der Waals surface area contributed by atoms with Gasteiger partial charge in [0.1, 0.15) is 28.9 Å². The second-order valence-electron chi connectivity index (χ2n) is 8.74. The number of nitrogens with two attached hydrogens (primary N) is 2. The van der Waals surface area contributed by atoms with E-state index in [0.717, 1.165) is 12.1 Å². The normalized spacial score (nSPS) is 16.6. The average Bonchev–Trinajstić information content (AvgIpc) is 2.72. The van der Waals surface area contributed by atoms with Gasteiger partial charge in [0.2, 0.25) is 0 Å². The number of nitrogens with zero attached hydrogens (tertiary/aromatic N) is 2. The van der Waals surface area contributed by atoms with E-state index in [1.165, 1.54) is 5.56 Å². The zero-order valence-corrected chi connectivity index (χ0v) is 18.9. The predicted molar refractivity (Wildman–Crippen MR) is 124 cm³/mol. The fourth-order valence-electron chi connectivity index (χ4n) is 3.32. The highest BCUT2D eigenvalue weighted by Gasteiger charge is 2.28. The zero-order chi connectivity index (χ0) is 22.8. The SMILES string of the molecule is CC1Oc2ccc(C(N)C(=O)OC(C)(C)CCc3ccc(N(C)C)cc3)cc2N=C1N. The molecule has 1 heterocycles. The number of rotatable bonds is 7. The van der Waals surface area contributed by atoms with Gasteiger partial charge in [-0.05, 0) is 69.0 Å². The molecular formula is C24H32N4O3. The van der Waals surface area contributed by atoms with Gasteiger partial charge in [-0.25, -0.2) is 9.79 Å². The highest BCUT2D eigenvalue weighted by atomic mass is 16.6. The molecule has 2 unspecified atom stereocenters. The molecule has 2 atom stereocenters. The number of hydrogen-bond donors (Lipinski definition) is 2. The number of hydrogen-bond acceptors (Lipinski definition) is 7. The molecule has 4 N–H and O–H groups in total. The summed E-state index contributed by atoms with van der Waals surface area (Å²) in [6.07, 6.45) is 1.20. The summed E-state index contributed by atoms with van der Waals surface area (Å²) in [5.74, 6) is 0.530. The van der Waals surface area contributed by atoms with Crippen LogP contribution in [-0.4, -0.2) is 37.6 Å². The molecule has 0 amide bonds. The van der Waals surface area contributed by atoms with Crippen molar-refractivity contribution in [2.75, 3.05) is 19.0 Å². The van der Waals surface area contributed by atoms with E-state index < -0.39 is 17.6 Å². The number of carbonyl (C=O) groups is 1. The second-order valence-corrected chi connectivity index (χ2v) is 8.74. The average molecular weight is 425 g/mol. The van der Waals surface area contributed by atoms with Crippen molar-refractivity contribution in [2.24, 2.45) is 16.5 Å². The minimum atomic E-state index is -0.917. The minimum Gasteiger partial charge on any atom is -0.481 e. The summed E-state index contributed by atoms with van der Waals surface area (Å²) in [5, 5.41) is 0. The molecule has 0 spiro atoms. The fourth-order valence-corrected chi connectivity index (χ4v) is 3.32. The van der Waals surface area contributed by atoms with Gasteiger partial charge in [-0.15, -0.1) is 0 Å². The monoisotopic (exact) mass is 424 g/mol.